The summed E-state index contributed by atoms with van der Waals surface area (Å²) >= 11 is 3.17. The summed E-state index contributed by atoms with van der Waals surface area (Å²) in [5.41, 5.74) is 6.35. The monoisotopic (exact) mass is 285 g/mol. The van der Waals surface area contributed by atoms with Crippen molar-refractivity contribution in [3.8, 4) is 0 Å². The summed E-state index contributed by atoms with van der Waals surface area (Å²) in [6, 6.07) is 0.298. The van der Waals surface area contributed by atoms with Gasteiger partial charge in [-0.2, -0.15) is 11.8 Å². The number of thiazole rings is 1. The van der Waals surface area contributed by atoms with Crippen molar-refractivity contribution in [3.05, 3.63) is 10.6 Å². The molecule has 0 spiro atoms. The van der Waals surface area contributed by atoms with Crippen LogP contribution in [0.5, 0.6) is 0 Å². The number of aromatic nitrogens is 1. The van der Waals surface area contributed by atoms with Gasteiger partial charge in [-0.3, -0.25) is 4.79 Å². The highest BCUT2D eigenvalue weighted by Gasteiger charge is 2.24. The van der Waals surface area contributed by atoms with Crippen molar-refractivity contribution < 1.29 is 4.79 Å². The van der Waals surface area contributed by atoms with Crippen LogP contribution in [0.4, 0.5) is 5.13 Å². The molecule has 2 rings (SSSR count). The van der Waals surface area contributed by atoms with Gasteiger partial charge in [0.15, 0.2) is 5.13 Å². The number of hydrogen-bond acceptors (Lipinski definition) is 5. The number of carbonyl (C=O) groups is 1. The maximum absolute atomic E-state index is 12.1. The van der Waals surface area contributed by atoms with Crippen molar-refractivity contribution in [2.24, 2.45) is 0 Å². The number of anilines is 1. The number of nitrogens with zero attached hydrogens (tertiary/aromatic N) is 1. The zero-order valence-electron chi connectivity index (χ0n) is 10.7. The first-order chi connectivity index (χ1) is 8.60. The Kier molecular flexibility index (Phi) is 4.50. The van der Waals surface area contributed by atoms with E-state index in [1.807, 2.05) is 18.7 Å². The Morgan fingerprint density at radius 1 is 1.56 bits per heavy atom. The SMILES string of the molecule is CSC1CCCC(NC(=O)c2sc(N)nc2C)C1. The summed E-state index contributed by atoms with van der Waals surface area (Å²) < 4.78 is 0. The third-order valence-electron chi connectivity index (χ3n) is 3.31. The molecule has 0 bridgehead atoms. The first-order valence-corrected chi connectivity index (χ1v) is 8.27. The summed E-state index contributed by atoms with van der Waals surface area (Å²) in [5, 5.41) is 4.26. The number of carbonyl (C=O) groups excluding carboxylic acids is 1. The fourth-order valence-corrected chi connectivity index (χ4v) is 3.93. The number of nitrogens with two attached hydrogens (primary N) is 1. The molecule has 0 aliphatic heterocycles. The summed E-state index contributed by atoms with van der Waals surface area (Å²) in [7, 11) is 0. The van der Waals surface area contributed by atoms with Crippen LogP contribution in [-0.2, 0) is 0 Å². The Labute approximate surface area is 116 Å². The summed E-state index contributed by atoms with van der Waals surface area (Å²) in [6.07, 6.45) is 6.75. The van der Waals surface area contributed by atoms with E-state index in [1.165, 1.54) is 24.2 Å². The third kappa shape index (κ3) is 3.17. The van der Waals surface area contributed by atoms with Crippen LogP contribution < -0.4 is 11.1 Å². The van der Waals surface area contributed by atoms with E-state index in [0.29, 0.717) is 21.3 Å². The van der Waals surface area contributed by atoms with E-state index in [0.717, 1.165) is 18.5 Å². The Morgan fingerprint density at radius 2 is 2.33 bits per heavy atom. The van der Waals surface area contributed by atoms with Gasteiger partial charge in [-0.15, -0.1) is 0 Å². The topological polar surface area (TPSA) is 68.0 Å². The van der Waals surface area contributed by atoms with Crippen LogP contribution >= 0.6 is 23.1 Å². The van der Waals surface area contributed by atoms with E-state index in [4.69, 9.17) is 5.73 Å². The molecule has 0 radical (unpaired) electrons. The maximum Gasteiger partial charge on any atom is 0.263 e. The second-order valence-electron chi connectivity index (χ2n) is 4.66. The molecule has 1 aliphatic rings. The second kappa shape index (κ2) is 5.93. The maximum atomic E-state index is 12.1. The van der Waals surface area contributed by atoms with E-state index < -0.39 is 0 Å². The van der Waals surface area contributed by atoms with Gasteiger partial charge < -0.3 is 11.1 Å². The highest BCUT2D eigenvalue weighted by molar-refractivity contribution is 7.99. The van der Waals surface area contributed by atoms with E-state index in [-0.39, 0.29) is 5.91 Å². The lowest BCUT2D eigenvalue weighted by molar-refractivity contribution is 0.0932. The Bertz CT molecular complexity index is 433. The lowest BCUT2D eigenvalue weighted by Crippen LogP contribution is -2.39. The van der Waals surface area contributed by atoms with Crippen LogP contribution in [-0.4, -0.2) is 28.4 Å². The second-order valence-corrected chi connectivity index (χ2v) is 6.83. The van der Waals surface area contributed by atoms with E-state index in [9.17, 15) is 4.79 Å². The summed E-state index contributed by atoms with van der Waals surface area (Å²) in [6.45, 7) is 1.83. The molecule has 0 saturated heterocycles. The number of nitrogen functional groups attached to an aromatic ring is 1. The minimum absolute atomic E-state index is 0.0200. The smallest absolute Gasteiger partial charge is 0.263 e. The van der Waals surface area contributed by atoms with Crippen LogP contribution in [0.2, 0.25) is 0 Å². The molecule has 18 heavy (non-hydrogen) atoms. The summed E-state index contributed by atoms with van der Waals surface area (Å²) in [5.74, 6) is -0.0200. The molecule has 1 aliphatic carbocycles. The quantitative estimate of drug-likeness (QED) is 0.895. The molecule has 1 heterocycles. The van der Waals surface area contributed by atoms with Crippen molar-refractivity contribution in [2.45, 2.75) is 43.9 Å². The largest absolute Gasteiger partial charge is 0.375 e. The first-order valence-electron chi connectivity index (χ1n) is 6.16. The Balaban J connectivity index is 1.97. The third-order valence-corrected chi connectivity index (χ3v) is 5.39. The Hall–Kier alpha value is -0.750. The lowest BCUT2D eigenvalue weighted by Gasteiger charge is -2.28. The molecule has 1 amide bonds. The lowest BCUT2D eigenvalue weighted by atomic mass is 9.95. The molecule has 1 saturated carbocycles. The normalized spacial score (nSPS) is 23.9. The van der Waals surface area contributed by atoms with Gasteiger partial charge in [-0.05, 0) is 32.4 Å². The van der Waals surface area contributed by atoms with Gasteiger partial charge in [-0.25, -0.2) is 4.98 Å². The van der Waals surface area contributed by atoms with Crippen LogP contribution in [0.3, 0.4) is 0 Å². The van der Waals surface area contributed by atoms with Gasteiger partial charge in [-0.1, -0.05) is 17.8 Å². The van der Waals surface area contributed by atoms with Crippen molar-refractivity contribution in [2.75, 3.05) is 12.0 Å². The highest BCUT2D eigenvalue weighted by atomic mass is 32.2. The average molecular weight is 285 g/mol. The van der Waals surface area contributed by atoms with Gasteiger partial charge >= 0.3 is 0 Å². The Morgan fingerprint density at radius 3 is 2.94 bits per heavy atom. The van der Waals surface area contributed by atoms with Gasteiger partial charge in [0.25, 0.3) is 5.91 Å². The summed E-state index contributed by atoms with van der Waals surface area (Å²) in [4.78, 5) is 16.9. The molecule has 6 heteroatoms. The zero-order valence-corrected chi connectivity index (χ0v) is 12.4. The van der Waals surface area contributed by atoms with Crippen molar-refractivity contribution in [1.29, 1.82) is 0 Å². The number of hydrogen-bond donors (Lipinski definition) is 2. The molecule has 1 aromatic heterocycles. The van der Waals surface area contributed by atoms with Crippen LogP contribution in [0.15, 0.2) is 0 Å². The number of nitrogens with one attached hydrogen (secondary N) is 1. The number of amides is 1. The molecule has 1 aromatic rings. The fourth-order valence-electron chi connectivity index (χ4n) is 2.37. The van der Waals surface area contributed by atoms with E-state index >= 15 is 0 Å². The molecule has 0 aromatic carbocycles. The standard InChI is InChI=1S/C12H19N3OS2/c1-7-10(18-12(13)14-7)11(16)15-8-4-3-5-9(6-8)17-2/h8-9H,3-6H2,1-2H3,(H2,13,14)(H,15,16). The van der Waals surface area contributed by atoms with Crippen molar-refractivity contribution in [1.82, 2.24) is 10.3 Å². The molecule has 3 N–H and O–H groups in total. The van der Waals surface area contributed by atoms with E-state index in [2.05, 4.69) is 16.6 Å². The molecular weight excluding hydrogens is 266 g/mol. The highest BCUT2D eigenvalue weighted by Crippen LogP contribution is 2.27. The predicted molar refractivity (Wildman–Crippen MR) is 78.3 cm³/mol. The molecule has 100 valence electrons. The molecule has 2 atom stereocenters. The minimum Gasteiger partial charge on any atom is -0.375 e. The van der Waals surface area contributed by atoms with Crippen LogP contribution in [0.1, 0.15) is 41.0 Å². The van der Waals surface area contributed by atoms with Gasteiger partial charge in [0.1, 0.15) is 4.88 Å². The fraction of sp³-hybridized carbons (Fsp3) is 0.667. The van der Waals surface area contributed by atoms with Crippen molar-refractivity contribution >= 4 is 34.1 Å². The van der Waals surface area contributed by atoms with Crippen LogP contribution in [0.25, 0.3) is 0 Å². The first kappa shape index (κ1) is 13.7. The van der Waals surface area contributed by atoms with Gasteiger partial charge in [0, 0.05) is 11.3 Å². The molecular formula is C12H19N3OS2. The molecule has 4 nitrogen and oxygen atoms in total. The van der Waals surface area contributed by atoms with Gasteiger partial charge in [0.2, 0.25) is 0 Å². The van der Waals surface area contributed by atoms with Crippen LogP contribution in [0, 0.1) is 6.92 Å². The zero-order chi connectivity index (χ0) is 13.1. The predicted octanol–water partition coefficient (Wildman–Crippen LogP) is 2.44. The van der Waals surface area contributed by atoms with Crippen molar-refractivity contribution in [3.63, 3.8) is 0 Å². The molecule has 1 fully saturated rings. The molecule has 2 unspecified atom stereocenters. The average Bonchev–Trinajstić information content (AvgIpc) is 2.69. The minimum atomic E-state index is -0.0200. The van der Waals surface area contributed by atoms with Gasteiger partial charge in [0.05, 0.1) is 5.69 Å². The van der Waals surface area contributed by atoms with E-state index in [1.54, 1.807) is 0 Å². The number of aryl methyl sites for hydroxylation is 1. The number of rotatable bonds is 3. The number of thioether (sulfide) groups is 1.